The molecule has 0 aliphatic rings. The van der Waals surface area contributed by atoms with Crippen molar-refractivity contribution in [3.63, 3.8) is 0 Å². The summed E-state index contributed by atoms with van der Waals surface area (Å²) in [5.41, 5.74) is 5.70. The molecule has 1 amide bonds. The van der Waals surface area contributed by atoms with Crippen molar-refractivity contribution in [2.24, 2.45) is 11.1 Å². The minimum atomic E-state index is -2.47. The number of amides is 1. The maximum absolute atomic E-state index is 11.7. The monoisotopic (exact) mass is 252 g/mol. The Hall–Kier alpha value is -0.750. The fourth-order valence-electron chi connectivity index (χ4n) is 1.01. The van der Waals surface area contributed by atoms with Crippen LogP contribution >= 0.6 is 0 Å². The van der Waals surface area contributed by atoms with Crippen molar-refractivity contribution in [3.05, 3.63) is 0 Å². The summed E-state index contributed by atoms with van der Waals surface area (Å²) in [5, 5.41) is 2.57. The van der Waals surface area contributed by atoms with Crippen molar-refractivity contribution in [2.75, 3.05) is 19.8 Å². The van der Waals surface area contributed by atoms with Gasteiger partial charge in [0.1, 0.15) is 6.61 Å². The predicted octanol–water partition coefficient (Wildman–Crippen LogP) is 1.15. The molecule has 0 bridgehead atoms. The molecule has 4 nitrogen and oxygen atoms in total. The van der Waals surface area contributed by atoms with Gasteiger partial charge < -0.3 is 15.8 Å². The van der Waals surface area contributed by atoms with Crippen LogP contribution in [0.2, 0.25) is 0 Å². The van der Waals surface area contributed by atoms with Crippen LogP contribution in [-0.2, 0) is 9.53 Å². The van der Waals surface area contributed by atoms with Crippen LogP contribution in [0.1, 0.15) is 27.2 Å². The fourth-order valence-corrected chi connectivity index (χ4v) is 1.01. The molecular formula is C11H22F2N2O2. The predicted molar refractivity (Wildman–Crippen MR) is 61.9 cm³/mol. The fraction of sp³-hybridized carbons (Fsp3) is 0.909. The normalized spacial score (nSPS) is 13.8. The summed E-state index contributed by atoms with van der Waals surface area (Å²) in [7, 11) is 0. The number of nitrogens with two attached hydrogens (primary N) is 1. The van der Waals surface area contributed by atoms with Gasteiger partial charge in [-0.25, -0.2) is 8.78 Å². The van der Waals surface area contributed by atoms with Crippen molar-refractivity contribution < 1.29 is 18.3 Å². The van der Waals surface area contributed by atoms with E-state index in [0.29, 0.717) is 0 Å². The van der Waals surface area contributed by atoms with Gasteiger partial charge in [0.05, 0.1) is 6.61 Å². The second kappa shape index (κ2) is 7.55. The van der Waals surface area contributed by atoms with Crippen LogP contribution < -0.4 is 11.1 Å². The Bertz CT molecular complexity index is 230. The molecule has 1 atom stereocenters. The Morgan fingerprint density at radius 2 is 2.00 bits per heavy atom. The zero-order valence-electron chi connectivity index (χ0n) is 10.6. The van der Waals surface area contributed by atoms with E-state index in [1.807, 2.05) is 20.8 Å². The van der Waals surface area contributed by atoms with Crippen molar-refractivity contribution in [1.29, 1.82) is 0 Å². The van der Waals surface area contributed by atoms with Gasteiger partial charge >= 0.3 is 0 Å². The molecule has 0 aromatic carbocycles. The lowest BCUT2D eigenvalue weighted by Gasteiger charge is -2.26. The highest BCUT2D eigenvalue weighted by atomic mass is 19.3. The molecular weight excluding hydrogens is 230 g/mol. The third-order valence-electron chi connectivity index (χ3n) is 2.33. The third-order valence-corrected chi connectivity index (χ3v) is 2.33. The molecule has 0 aliphatic carbocycles. The zero-order valence-corrected chi connectivity index (χ0v) is 10.6. The summed E-state index contributed by atoms with van der Waals surface area (Å²) in [6.45, 7) is 5.57. The molecule has 0 radical (unpaired) electrons. The van der Waals surface area contributed by atoms with Crippen LogP contribution in [-0.4, -0.2) is 38.1 Å². The lowest BCUT2D eigenvalue weighted by molar-refractivity contribution is -0.122. The third kappa shape index (κ3) is 9.00. The number of carbonyl (C=O) groups is 1. The number of nitrogens with one attached hydrogen (secondary N) is 1. The second-order valence-corrected chi connectivity index (χ2v) is 4.99. The Morgan fingerprint density at radius 1 is 1.41 bits per heavy atom. The summed E-state index contributed by atoms with van der Waals surface area (Å²) in [6.07, 6.45) is -2.25. The maximum atomic E-state index is 11.7. The summed E-state index contributed by atoms with van der Waals surface area (Å²) < 4.78 is 28.0. The van der Waals surface area contributed by atoms with Crippen molar-refractivity contribution in [2.45, 2.75) is 39.7 Å². The Labute approximate surface area is 101 Å². The average molecular weight is 252 g/mol. The molecule has 0 fully saturated rings. The molecule has 0 saturated carbocycles. The molecule has 0 aromatic rings. The van der Waals surface area contributed by atoms with Gasteiger partial charge in [-0.05, 0) is 5.41 Å². The van der Waals surface area contributed by atoms with Gasteiger partial charge in [0.25, 0.3) is 6.43 Å². The van der Waals surface area contributed by atoms with Gasteiger partial charge in [0.2, 0.25) is 5.91 Å². The van der Waals surface area contributed by atoms with E-state index in [4.69, 9.17) is 5.73 Å². The number of ether oxygens (including phenoxy) is 1. The lowest BCUT2D eigenvalue weighted by Crippen LogP contribution is -2.40. The Morgan fingerprint density at radius 3 is 2.47 bits per heavy atom. The maximum Gasteiger partial charge on any atom is 0.261 e. The largest absolute Gasteiger partial charge is 0.374 e. The first-order valence-corrected chi connectivity index (χ1v) is 5.61. The molecule has 6 heteroatoms. The molecule has 0 aromatic heterocycles. The van der Waals surface area contributed by atoms with Crippen LogP contribution in [0.3, 0.4) is 0 Å². The highest BCUT2D eigenvalue weighted by molar-refractivity contribution is 5.76. The van der Waals surface area contributed by atoms with Crippen LogP contribution in [0.5, 0.6) is 0 Å². The molecule has 3 N–H and O–H groups in total. The zero-order chi connectivity index (χ0) is 13.5. The van der Waals surface area contributed by atoms with Crippen LogP contribution in [0.15, 0.2) is 0 Å². The van der Waals surface area contributed by atoms with Crippen LogP contribution in [0.4, 0.5) is 8.78 Å². The van der Waals surface area contributed by atoms with Gasteiger partial charge in [-0.15, -0.1) is 0 Å². The second-order valence-electron chi connectivity index (χ2n) is 4.99. The van der Waals surface area contributed by atoms with E-state index in [9.17, 15) is 13.6 Å². The molecule has 0 saturated heterocycles. The minimum absolute atomic E-state index is 0.0842. The number of halogens is 2. The molecule has 0 rings (SSSR count). The highest BCUT2D eigenvalue weighted by Gasteiger charge is 2.22. The van der Waals surface area contributed by atoms with E-state index in [2.05, 4.69) is 10.1 Å². The smallest absolute Gasteiger partial charge is 0.261 e. The molecule has 102 valence electrons. The van der Waals surface area contributed by atoms with E-state index < -0.39 is 13.0 Å². The lowest BCUT2D eigenvalue weighted by atomic mass is 9.85. The van der Waals surface area contributed by atoms with Crippen LogP contribution in [0, 0.1) is 5.41 Å². The van der Waals surface area contributed by atoms with Crippen molar-refractivity contribution in [1.82, 2.24) is 5.32 Å². The van der Waals surface area contributed by atoms with Gasteiger partial charge in [0, 0.05) is 19.0 Å². The van der Waals surface area contributed by atoms with E-state index in [-0.39, 0.29) is 36.9 Å². The van der Waals surface area contributed by atoms with Crippen molar-refractivity contribution in [3.8, 4) is 0 Å². The molecule has 17 heavy (non-hydrogen) atoms. The SMILES string of the molecule is CC(C)(C)C(N)CC(=O)NCCOCC(F)F. The van der Waals surface area contributed by atoms with Gasteiger partial charge in [-0.2, -0.15) is 0 Å². The number of alkyl halides is 2. The number of hydrogen-bond acceptors (Lipinski definition) is 3. The van der Waals surface area contributed by atoms with Gasteiger partial charge in [-0.3, -0.25) is 4.79 Å². The first-order valence-electron chi connectivity index (χ1n) is 5.61. The standard InChI is InChI=1S/C11H22F2N2O2/c1-11(2,3)8(14)6-10(16)15-4-5-17-7-9(12)13/h8-9H,4-7,14H2,1-3H3,(H,15,16). The minimum Gasteiger partial charge on any atom is -0.374 e. The summed E-state index contributed by atoms with van der Waals surface area (Å²) >= 11 is 0. The number of carbonyl (C=O) groups excluding carboxylic acids is 1. The molecule has 0 spiro atoms. The van der Waals surface area contributed by atoms with E-state index >= 15 is 0 Å². The summed E-state index contributed by atoms with van der Waals surface area (Å²) in [6, 6.07) is -0.232. The number of hydrogen-bond donors (Lipinski definition) is 2. The summed E-state index contributed by atoms with van der Waals surface area (Å²) in [5.74, 6) is -0.187. The molecule has 0 aliphatic heterocycles. The van der Waals surface area contributed by atoms with Crippen LogP contribution in [0.25, 0.3) is 0 Å². The van der Waals surface area contributed by atoms with Gasteiger partial charge in [-0.1, -0.05) is 20.8 Å². The van der Waals surface area contributed by atoms with Gasteiger partial charge in [0.15, 0.2) is 0 Å². The number of rotatable bonds is 7. The molecule has 1 unspecified atom stereocenters. The first kappa shape index (κ1) is 16.2. The topological polar surface area (TPSA) is 64.4 Å². The van der Waals surface area contributed by atoms with E-state index in [1.165, 1.54) is 0 Å². The van der Waals surface area contributed by atoms with E-state index in [0.717, 1.165) is 0 Å². The first-order chi connectivity index (χ1) is 7.73. The van der Waals surface area contributed by atoms with Crippen molar-refractivity contribution >= 4 is 5.91 Å². The highest BCUT2D eigenvalue weighted by Crippen LogP contribution is 2.19. The quantitative estimate of drug-likeness (QED) is 0.668. The average Bonchev–Trinajstić information content (AvgIpc) is 2.15. The molecule has 0 heterocycles. The Kier molecular flexibility index (Phi) is 7.22. The summed E-state index contributed by atoms with van der Waals surface area (Å²) in [4.78, 5) is 11.4. The Balaban J connectivity index is 3.60. The van der Waals surface area contributed by atoms with E-state index in [1.54, 1.807) is 0 Å².